The number of anilines is 1. The van der Waals surface area contributed by atoms with Crippen LogP contribution in [-0.2, 0) is 15.1 Å². The summed E-state index contributed by atoms with van der Waals surface area (Å²) in [6, 6.07) is 10.5. The third-order valence-electron chi connectivity index (χ3n) is 2.80. The van der Waals surface area contributed by atoms with E-state index in [1.807, 2.05) is 0 Å². The van der Waals surface area contributed by atoms with Gasteiger partial charge in [0, 0.05) is 18.2 Å². The molecular weight excluding hydrogens is 352 g/mol. The summed E-state index contributed by atoms with van der Waals surface area (Å²) in [7, 11) is -4.23. The number of nitro groups is 1. The van der Waals surface area contributed by atoms with E-state index in [1.165, 1.54) is 24.3 Å². The molecule has 0 saturated carbocycles. The van der Waals surface area contributed by atoms with Crippen molar-refractivity contribution in [2.24, 2.45) is 0 Å². The fourth-order valence-electron chi connectivity index (χ4n) is 1.79. The first kappa shape index (κ1) is 17.9. The molecule has 2 N–H and O–H groups in total. The van der Waals surface area contributed by atoms with E-state index in [-0.39, 0.29) is 17.1 Å². The minimum Gasteiger partial charge on any atom is -0.478 e. The van der Waals surface area contributed by atoms with Crippen molar-refractivity contribution in [2.45, 2.75) is 0 Å². The molecular formula is C15H12N2O7S. The number of carboxylic acids is 1. The number of benzene rings is 2. The number of rotatable bonds is 7. The Balaban J connectivity index is 2.11. The van der Waals surface area contributed by atoms with Crippen LogP contribution in [0.3, 0.4) is 0 Å². The van der Waals surface area contributed by atoms with Crippen LogP contribution in [-0.4, -0.2) is 24.4 Å². The number of nitrogens with one attached hydrogen (secondary N) is 1. The smallest absolute Gasteiger partial charge is 0.407 e. The van der Waals surface area contributed by atoms with Crippen LogP contribution in [0.5, 0.6) is 5.75 Å². The summed E-state index contributed by atoms with van der Waals surface area (Å²) in [6.07, 6.45) is 2.22. The van der Waals surface area contributed by atoms with Gasteiger partial charge in [0.2, 0.25) is 0 Å². The highest BCUT2D eigenvalue weighted by atomic mass is 32.2. The molecule has 2 aromatic carbocycles. The van der Waals surface area contributed by atoms with Crippen LogP contribution in [0.1, 0.15) is 5.56 Å². The Morgan fingerprint density at radius 2 is 1.88 bits per heavy atom. The lowest BCUT2D eigenvalue weighted by Gasteiger charge is -2.09. The van der Waals surface area contributed by atoms with E-state index in [9.17, 15) is 23.3 Å². The third-order valence-corrected chi connectivity index (χ3v) is 3.70. The van der Waals surface area contributed by atoms with Crippen LogP contribution in [0.25, 0.3) is 6.08 Å². The van der Waals surface area contributed by atoms with Gasteiger partial charge in [-0.1, -0.05) is 12.1 Å². The molecule has 0 bridgehead atoms. The van der Waals surface area contributed by atoms with Crippen LogP contribution in [0.2, 0.25) is 0 Å². The van der Waals surface area contributed by atoms with E-state index in [1.54, 1.807) is 6.07 Å². The van der Waals surface area contributed by atoms with Crippen molar-refractivity contribution in [1.29, 1.82) is 0 Å². The Bertz CT molecular complexity index is 921. The SMILES string of the molecule is O=C(O)/C=C/c1cccc(NS(=O)(=O)Oc2ccc([N+](=O)[O-])cc2)c1. The van der Waals surface area contributed by atoms with Gasteiger partial charge in [-0.15, -0.1) is 0 Å². The van der Waals surface area contributed by atoms with Gasteiger partial charge in [-0.25, -0.2) is 4.79 Å². The molecule has 0 radical (unpaired) electrons. The number of hydrogen-bond donors (Lipinski definition) is 2. The molecule has 0 unspecified atom stereocenters. The van der Waals surface area contributed by atoms with E-state index in [4.69, 9.17) is 9.29 Å². The predicted octanol–water partition coefficient (Wildman–Crippen LogP) is 2.43. The molecule has 130 valence electrons. The molecule has 0 atom stereocenters. The van der Waals surface area contributed by atoms with Gasteiger partial charge < -0.3 is 9.29 Å². The van der Waals surface area contributed by atoms with Crippen LogP contribution in [0, 0.1) is 10.1 Å². The predicted molar refractivity (Wildman–Crippen MR) is 89.4 cm³/mol. The van der Waals surface area contributed by atoms with Crippen LogP contribution in [0.15, 0.2) is 54.6 Å². The highest BCUT2D eigenvalue weighted by Crippen LogP contribution is 2.20. The number of carbonyl (C=O) groups is 1. The van der Waals surface area contributed by atoms with Crippen molar-refractivity contribution in [2.75, 3.05) is 4.72 Å². The van der Waals surface area contributed by atoms with E-state index in [2.05, 4.69) is 4.72 Å². The summed E-state index contributed by atoms with van der Waals surface area (Å²) >= 11 is 0. The maximum absolute atomic E-state index is 12.0. The molecule has 2 aromatic rings. The van der Waals surface area contributed by atoms with Crippen LogP contribution >= 0.6 is 0 Å². The molecule has 0 aliphatic carbocycles. The highest BCUT2D eigenvalue weighted by molar-refractivity contribution is 7.88. The van der Waals surface area contributed by atoms with Crippen molar-refractivity contribution in [3.8, 4) is 5.75 Å². The van der Waals surface area contributed by atoms with Gasteiger partial charge in [0.05, 0.1) is 10.6 Å². The normalized spacial score (nSPS) is 11.2. The summed E-state index contributed by atoms with van der Waals surface area (Å²) < 4.78 is 30.9. The Morgan fingerprint density at radius 3 is 2.48 bits per heavy atom. The van der Waals surface area contributed by atoms with Gasteiger partial charge in [0.25, 0.3) is 5.69 Å². The van der Waals surface area contributed by atoms with E-state index < -0.39 is 21.2 Å². The van der Waals surface area contributed by atoms with Gasteiger partial charge >= 0.3 is 16.3 Å². The fraction of sp³-hybridized carbons (Fsp3) is 0. The largest absolute Gasteiger partial charge is 0.478 e. The molecule has 0 aliphatic heterocycles. The number of nitro benzene ring substituents is 1. The lowest BCUT2D eigenvalue weighted by molar-refractivity contribution is -0.384. The topological polar surface area (TPSA) is 136 Å². The molecule has 0 aromatic heterocycles. The summed E-state index contributed by atoms with van der Waals surface area (Å²) in [5, 5.41) is 19.1. The Morgan fingerprint density at radius 1 is 1.20 bits per heavy atom. The van der Waals surface area contributed by atoms with E-state index in [0.29, 0.717) is 5.56 Å². The zero-order valence-corrected chi connectivity index (χ0v) is 13.3. The molecule has 0 heterocycles. The van der Waals surface area contributed by atoms with Crippen molar-refractivity contribution in [3.05, 3.63) is 70.3 Å². The van der Waals surface area contributed by atoms with Crippen LogP contribution < -0.4 is 8.91 Å². The second-order valence-corrected chi connectivity index (χ2v) is 5.97. The Kier molecular flexibility index (Phi) is 5.35. The van der Waals surface area contributed by atoms with Crippen molar-refractivity contribution in [1.82, 2.24) is 0 Å². The minimum atomic E-state index is -4.23. The van der Waals surface area contributed by atoms with Crippen LogP contribution in [0.4, 0.5) is 11.4 Å². The molecule has 0 aliphatic rings. The lowest BCUT2D eigenvalue weighted by atomic mass is 10.2. The number of non-ortho nitro benzene ring substituents is 1. The summed E-state index contributed by atoms with van der Waals surface area (Å²) in [5.74, 6) is -1.23. The zero-order valence-electron chi connectivity index (χ0n) is 12.5. The monoisotopic (exact) mass is 364 g/mol. The lowest BCUT2D eigenvalue weighted by Crippen LogP contribution is -2.19. The van der Waals surface area contributed by atoms with E-state index >= 15 is 0 Å². The van der Waals surface area contributed by atoms with Gasteiger partial charge in [-0.2, -0.15) is 8.42 Å². The number of nitrogens with zero attached hydrogens (tertiary/aromatic N) is 1. The zero-order chi connectivity index (χ0) is 18.4. The number of hydrogen-bond acceptors (Lipinski definition) is 6. The number of aliphatic carboxylic acids is 1. The molecule has 2 rings (SSSR count). The Labute approximate surface area is 142 Å². The molecule has 0 fully saturated rings. The van der Waals surface area contributed by atoms with Crippen molar-refractivity contribution < 1.29 is 27.4 Å². The molecule has 0 amide bonds. The molecule has 10 heteroatoms. The average Bonchev–Trinajstić information content (AvgIpc) is 2.53. The first-order valence-corrected chi connectivity index (χ1v) is 8.14. The van der Waals surface area contributed by atoms with Crippen molar-refractivity contribution in [3.63, 3.8) is 0 Å². The first-order chi connectivity index (χ1) is 11.7. The maximum atomic E-state index is 12.0. The highest BCUT2D eigenvalue weighted by Gasteiger charge is 2.14. The summed E-state index contributed by atoms with van der Waals surface area (Å²) in [6.45, 7) is 0. The van der Waals surface area contributed by atoms with E-state index in [0.717, 1.165) is 30.3 Å². The van der Waals surface area contributed by atoms with Gasteiger partial charge in [0.15, 0.2) is 0 Å². The van der Waals surface area contributed by atoms with Gasteiger partial charge in [-0.3, -0.25) is 14.8 Å². The maximum Gasteiger partial charge on any atom is 0.407 e. The first-order valence-electron chi connectivity index (χ1n) is 6.73. The van der Waals surface area contributed by atoms with Gasteiger partial charge in [0.1, 0.15) is 5.75 Å². The fourth-order valence-corrected chi connectivity index (χ4v) is 2.61. The molecule has 0 saturated heterocycles. The molecule has 9 nitrogen and oxygen atoms in total. The summed E-state index contributed by atoms with van der Waals surface area (Å²) in [5.41, 5.74) is 0.433. The molecule has 25 heavy (non-hydrogen) atoms. The standard InChI is InChI=1S/C15H12N2O7S/c18-15(19)9-4-11-2-1-3-12(10-11)16-25(22,23)24-14-7-5-13(6-8-14)17(20)21/h1-10,16H,(H,18,19)/b9-4+. The molecule has 0 spiro atoms. The quantitative estimate of drug-likeness (QED) is 0.437. The number of carboxylic acid groups (broad SMARTS) is 1. The second-order valence-electron chi connectivity index (χ2n) is 4.69. The Hall–Kier alpha value is -3.40. The minimum absolute atomic E-state index is 0.0972. The van der Waals surface area contributed by atoms with Gasteiger partial charge in [-0.05, 0) is 35.9 Å². The summed E-state index contributed by atoms with van der Waals surface area (Å²) in [4.78, 5) is 20.4. The average molecular weight is 364 g/mol. The second kappa shape index (κ2) is 7.45. The van der Waals surface area contributed by atoms with Crippen molar-refractivity contribution >= 4 is 33.7 Å². The third kappa shape index (κ3) is 5.62.